The van der Waals surface area contributed by atoms with Gasteiger partial charge in [-0.3, -0.25) is 4.79 Å². The van der Waals surface area contributed by atoms with Crippen molar-refractivity contribution < 1.29 is 9.18 Å². The Hall–Kier alpha value is -0.690. The van der Waals surface area contributed by atoms with Gasteiger partial charge >= 0.3 is 0 Å². The highest BCUT2D eigenvalue weighted by atomic mass is 127. The lowest BCUT2D eigenvalue weighted by atomic mass is 10.2. The van der Waals surface area contributed by atoms with Crippen LogP contribution in [-0.4, -0.2) is 26.0 Å². The summed E-state index contributed by atoms with van der Waals surface area (Å²) < 4.78 is 13.9. The van der Waals surface area contributed by atoms with E-state index in [1.165, 1.54) is 6.07 Å². The fourth-order valence-electron chi connectivity index (χ4n) is 1.10. The Labute approximate surface area is 102 Å². The lowest BCUT2D eigenvalue weighted by Gasteiger charge is -2.07. The largest absolute Gasteiger partial charge is 0.351 e. The summed E-state index contributed by atoms with van der Waals surface area (Å²) in [5.74, 6) is -0.850. The standard InChI is InChI=1S/C10H12FIN2O/c1-13-5-6-14-10(15)9-7(11)3-2-4-8(9)12/h2-4,13H,5-6H2,1H3,(H,14,15). The molecule has 1 rings (SSSR count). The molecule has 3 nitrogen and oxygen atoms in total. The molecular weight excluding hydrogens is 310 g/mol. The van der Waals surface area contributed by atoms with Gasteiger partial charge in [0.25, 0.3) is 5.91 Å². The summed E-state index contributed by atoms with van der Waals surface area (Å²) in [6.45, 7) is 1.15. The zero-order valence-electron chi connectivity index (χ0n) is 8.31. The van der Waals surface area contributed by atoms with Crippen LogP contribution in [-0.2, 0) is 0 Å². The topological polar surface area (TPSA) is 41.1 Å². The number of rotatable bonds is 4. The van der Waals surface area contributed by atoms with Crippen molar-refractivity contribution >= 4 is 28.5 Å². The summed E-state index contributed by atoms with van der Waals surface area (Å²) in [5.41, 5.74) is 0.120. The molecule has 0 aliphatic carbocycles. The first-order chi connectivity index (χ1) is 7.16. The minimum Gasteiger partial charge on any atom is -0.351 e. The van der Waals surface area contributed by atoms with Crippen molar-refractivity contribution in [3.8, 4) is 0 Å². The first kappa shape index (κ1) is 12.4. The summed E-state index contributed by atoms with van der Waals surface area (Å²) in [6.07, 6.45) is 0. The first-order valence-electron chi connectivity index (χ1n) is 4.53. The average molecular weight is 322 g/mol. The molecule has 0 bridgehead atoms. The van der Waals surface area contributed by atoms with Crippen LogP contribution in [0.4, 0.5) is 4.39 Å². The normalized spacial score (nSPS) is 10.1. The number of amides is 1. The van der Waals surface area contributed by atoms with Gasteiger partial charge in [0.05, 0.1) is 5.56 Å². The molecule has 1 amide bonds. The molecular formula is C10H12FIN2O. The second-order valence-corrected chi connectivity index (χ2v) is 4.12. The van der Waals surface area contributed by atoms with Crippen molar-refractivity contribution in [2.45, 2.75) is 0 Å². The third-order valence-electron chi connectivity index (χ3n) is 1.85. The predicted molar refractivity (Wildman–Crippen MR) is 65.4 cm³/mol. The maximum atomic E-state index is 13.3. The highest BCUT2D eigenvalue weighted by Crippen LogP contribution is 2.15. The number of benzene rings is 1. The molecule has 0 saturated heterocycles. The van der Waals surface area contributed by atoms with Crippen LogP contribution in [0.2, 0.25) is 0 Å². The number of likely N-dealkylation sites (N-methyl/N-ethyl adjacent to an activating group) is 1. The minimum atomic E-state index is -0.483. The summed E-state index contributed by atoms with van der Waals surface area (Å²) in [4.78, 5) is 11.6. The highest BCUT2D eigenvalue weighted by molar-refractivity contribution is 14.1. The number of hydrogen-bond donors (Lipinski definition) is 2. The maximum absolute atomic E-state index is 13.3. The molecule has 5 heteroatoms. The zero-order chi connectivity index (χ0) is 11.3. The first-order valence-corrected chi connectivity index (χ1v) is 5.61. The maximum Gasteiger partial charge on any atom is 0.255 e. The van der Waals surface area contributed by atoms with E-state index in [9.17, 15) is 9.18 Å². The molecule has 1 aromatic rings. The molecule has 15 heavy (non-hydrogen) atoms. The SMILES string of the molecule is CNCCNC(=O)c1c(F)cccc1I. The minimum absolute atomic E-state index is 0.120. The van der Waals surface area contributed by atoms with Gasteiger partial charge in [-0.05, 0) is 41.8 Å². The van der Waals surface area contributed by atoms with Gasteiger partial charge in [0.2, 0.25) is 0 Å². The molecule has 82 valence electrons. The van der Waals surface area contributed by atoms with E-state index in [0.29, 0.717) is 16.7 Å². The fourth-order valence-corrected chi connectivity index (χ4v) is 1.81. The molecule has 2 N–H and O–H groups in total. The summed E-state index contributed by atoms with van der Waals surface area (Å²) in [5, 5.41) is 5.53. The molecule has 0 aliphatic heterocycles. The summed E-state index contributed by atoms with van der Waals surface area (Å²) in [6, 6.07) is 4.58. The second kappa shape index (κ2) is 6.02. The Kier molecular flexibility index (Phi) is 4.97. The van der Waals surface area contributed by atoms with Crippen LogP contribution in [0.3, 0.4) is 0 Å². The Balaban J connectivity index is 2.73. The van der Waals surface area contributed by atoms with Gasteiger partial charge < -0.3 is 10.6 Å². The van der Waals surface area contributed by atoms with Crippen LogP contribution in [0.1, 0.15) is 10.4 Å². The molecule has 1 aromatic carbocycles. The molecule has 0 aromatic heterocycles. The number of carbonyl (C=O) groups excluding carboxylic acids is 1. The van der Waals surface area contributed by atoms with Crippen molar-refractivity contribution in [3.63, 3.8) is 0 Å². The van der Waals surface area contributed by atoms with E-state index in [-0.39, 0.29) is 11.5 Å². The van der Waals surface area contributed by atoms with E-state index in [4.69, 9.17) is 0 Å². The molecule has 0 radical (unpaired) electrons. The van der Waals surface area contributed by atoms with Crippen LogP contribution in [0, 0.1) is 9.39 Å². The van der Waals surface area contributed by atoms with E-state index >= 15 is 0 Å². The monoisotopic (exact) mass is 322 g/mol. The number of hydrogen-bond acceptors (Lipinski definition) is 2. The lowest BCUT2D eigenvalue weighted by molar-refractivity contribution is 0.0949. The van der Waals surface area contributed by atoms with Gasteiger partial charge in [0, 0.05) is 16.7 Å². The van der Waals surface area contributed by atoms with E-state index in [2.05, 4.69) is 10.6 Å². The smallest absolute Gasteiger partial charge is 0.255 e. The predicted octanol–water partition coefficient (Wildman–Crippen LogP) is 1.38. The van der Waals surface area contributed by atoms with Crippen molar-refractivity contribution in [1.29, 1.82) is 0 Å². The Morgan fingerprint density at radius 1 is 1.47 bits per heavy atom. The van der Waals surface area contributed by atoms with Gasteiger partial charge in [0.1, 0.15) is 5.82 Å². The number of carbonyl (C=O) groups is 1. The van der Waals surface area contributed by atoms with E-state index in [1.807, 2.05) is 22.6 Å². The zero-order valence-corrected chi connectivity index (χ0v) is 10.5. The molecule has 0 fully saturated rings. The summed E-state index contributed by atoms with van der Waals surface area (Å²) in [7, 11) is 1.79. The molecule has 0 atom stereocenters. The van der Waals surface area contributed by atoms with Gasteiger partial charge in [-0.15, -0.1) is 0 Å². The van der Waals surface area contributed by atoms with Crippen molar-refractivity contribution in [1.82, 2.24) is 10.6 Å². The van der Waals surface area contributed by atoms with Crippen LogP contribution < -0.4 is 10.6 Å². The average Bonchev–Trinajstić information content (AvgIpc) is 2.18. The third-order valence-corrected chi connectivity index (χ3v) is 2.75. The van der Waals surface area contributed by atoms with Crippen LogP contribution in [0.5, 0.6) is 0 Å². The molecule has 0 aliphatic rings. The van der Waals surface area contributed by atoms with E-state index in [0.717, 1.165) is 0 Å². The Morgan fingerprint density at radius 2 is 2.20 bits per heavy atom. The van der Waals surface area contributed by atoms with E-state index in [1.54, 1.807) is 19.2 Å². The van der Waals surface area contributed by atoms with Crippen LogP contribution in [0.25, 0.3) is 0 Å². The fraction of sp³-hybridized carbons (Fsp3) is 0.300. The van der Waals surface area contributed by atoms with Crippen LogP contribution >= 0.6 is 22.6 Å². The van der Waals surface area contributed by atoms with Gasteiger partial charge in [-0.25, -0.2) is 4.39 Å². The number of nitrogens with one attached hydrogen (secondary N) is 2. The highest BCUT2D eigenvalue weighted by Gasteiger charge is 2.14. The Bertz CT molecular complexity index is 337. The summed E-state index contributed by atoms with van der Waals surface area (Å²) >= 11 is 1.95. The lowest BCUT2D eigenvalue weighted by Crippen LogP contribution is -2.31. The Morgan fingerprint density at radius 3 is 2.80 bits per heavy atom. The number of halogens is 2. The third kappa shape index (κ3) is 3.42. The molecule has 0 heterocycles. The van der Waals surface area contributed by atoms with Crippen LogP contribution in [0.15, 0.2) is 18.2 Å². The van der Waals surface area contributed by atoms with Gasteiger partial charge in [-0.2, -0.15) is 0 Å². The molecule has 0 saturated carbocycles. The van der Waals surface area contributed by atoms with E-state index < -0.39 is 5.82 Å². The van der Waals surface area contributed by atoms with Crippen molar-refractivity contribution in [3.05, 3.63) is 33.1 Å². The second-order valence-electron chi connectivity index (χ2n) is 2.96. The molecule has 0 unspecified atom stereocenters. The quantitative estimate of drug-likeness (QED) is 0.650. The van der Waals surface area contributed by atoms with Crippen molar-refractivity contribution in [2.24, 2.45) is 0 Å². The van der Waals surface area contributed by atoms with Crippen molar-refractivity contribution in [2.75, 3.05) is 20.1 Å². The van der Waals surface area contributed by atoms with Gasteiger partial charge in [0.15, 0.2) is 0 Å². The van der Waals surface area contributed by atoms with Gasteiger partial charge in [-0.1, -0.05) is 6.07 Å². The molecule has 0 spiro atoms.